The van der Waals surface area contributed by atoms with Gasteiger partial charge in [0.25, 0.3) is 0 Å². The van der Waals surface area contributed by atoms with Crippen LogP contribution in [0, 0.1) is 5.92 Å². The average molecular weight is 359 g/mol. The highest BCUT2D eigenvalue weighted by Crippen LogP contribution is 2.32. The number of aromatic nitrogens is 1. The van der Waals surface area contributed by atoms with Gasteiger partial charge < -0.3 is 14.9 Å². The maximum absolute atomic E-state index is 12.7. The lowest BCUT2D eigenvalue weighted by atomic mass is 9.95. The summed E-state index contributed by atoms with van der Waals surface area (Å²) in [6.45, 7) is 2.16. The van der Waals surface area contributed by atoms with Crippen LogP contribution >= 0.6 is 11.3 Å². The number of carboxylic acid groups (broad SMARTS) is 1. The summed E-state index contributed by atoms with van der Waals surface area (Å²) in [5.41, 5.74) is 1.02. The Morgan fingerprint density at radius 2 is 1.88 bits per heavy atom. The summed E-state index contributed by atoms with van der Waals surface area (Å²) in [7, 11) is 0. The van der Waals surface area contributed by atoms with Crippen molar-refractivity contribution in [1.29, 1.82) is 0 Å². The molecule has 0 saturated carbocycles. The Balaban J connectivity index is 1.41. The van der Waals surface area contributed by atoms with Gasteiger partial charge in [-0.2, -0.15) is 0 Å². The summed E-state index contributed by atoms with van der Waals surface area (Å²) in [4.78, 5) is 32.6. The minimum atomic E-state index is -0.877. The van der Waals surface area contributed by atoms with E-state index in [2.05, 4.69) is 11.0 Å². The Bertz CT molecular complexity index is 765. The molecule has 1 atom stereocenters. The number of carboxylic acids is 1. The first-order chi connectivity index (χ1) is 12.1. The Hall–Kier alpha value is -2.15. The molecule has 2 saturated heterocycles. The van der Waals surface area contributed by atoms with Crippen LogP contribution < -0.4 is 4.90 Å². The average Bonchev–Trinajstić information content (AvgIpc) is 3.28. The third-order valence-electron chi connectivity index (χ3n) is 5.22. The fourth-order valence-corrected chi connectivity index (χ4v) is 4.85. The predicted octanol–water partition coefficient (Wildman–Crippen LogP) is 2.59. The molecule has 1 amide bonds. The number of rotatable bonds is 3. The molecule has 2 aliphatic heterocycles. The molecule has 6 nitrogen and oxygen atoms in total. The largest absolute Gasteiger partial charge is 0.480 e. The van der Waals surface area contributed by atoms with E-state index in [0.29, 0.717) is 13.0 Å². The number of fused-ring (bicyclic) bond motifs is 1. The smallest absolute Gasteiger partial charge is 0.326 e. The molecule has 1 N–H and O–H groups in total. The zero-order chi connectivity index (χ0) is 17.4. The second-order valence-corrected chi connectivity index (χ2v) is 7.76. The van der Waals surface area contributed by atoms with Gasteiger partial charge in [0.2, 0.25) is 5.91 Å². The van der Waals surface area contributed by atoms with Gasteiger partial charge in [0.1, 0.15) is 6.04 Å². The Labute approximate surface area is 150 Å². The summed E-state index contributed by atoms with van der Waals surface area (Å²) in [6, 6.07) is 7.47. The number of hydrogen-bond acceptors (Lipinski definition) is 5. The first kappa shape index (κ1) is 16.3. The summed E-state index contributed by atoms with van der Waals surface area (Å²) < 4.78 is 1.18. The highest BCUT2D eigenvalue weighted by Gasteiger charge is 2.38. The number of aliphatic carboxylic acids is 1. The molecule has 3 heterocycles. The molecule has 2 aromatic rings. The normalized spacial score (nSPS) is 21.8. The van der Waals surface area contributed by atoms with E-state index in [0.717, 1.165) is 43.0 Å². The third-order valence-corrected chi connectivity index (χ3v) is 6.32. The number of hydrogen-bond donors (Lipinski definition) is 1. The van der Waals surface area contributed by atoms with E-state index in [-0.39, 0.29) is 11.8 Å². The van der Waals surface area contributed by atoms with Gasteiger partial charge in [-0.25, -0.2) is 9.78 Å². The molecule has 0 bridgehead atoms. The van der Waals surface area contributed by atoms with Crippen molar-refractivity contribution in [2.75, 3.05) is 24.5 Å². The Morgan fingerprint density at radius 1 is 1.12 bits per heavy atom. The fourth-order valence-electron chi connectivity index (χ4n) is 3.83. The van der Waals surface area contributed by atoms with Crippen molar-refractivity contribution in [3.05, 3.63) is 24.3 Å². The highest BCUT2D eigenvalue weighted by atomic mass is 32.1. The number of nitrogens with zero attached hydrogens (tertiary/aromatic N) is 3. The lowest BCUT2D eigenvalue weighted by Gasteiger charge is -2.34. The van der Waals surface area contributed by atoms with Gasteiger partial charge in [-0.05, 0) is 37.8 Å². The van der Waals surface area contributed by atoms with Crippen molar-refractivity contribution in [2.24, 2.45) is 5.92 Å². The quantitative estimate of drug-likeness (QED) is 0.912. The van der Waals surface area contributed by atoms with Gasteiger partial charge in [0, 0.05) is 25.6 Å². The lowest BCUT2D eigenvalue weighted by Crippen LogP contribution is -2.46. The molecule has 7 heteroatoms. The fraction of sp³-hybridized carbons (Fsp3) is 0.500. The van der Waals surface area contributed by atoms with Gasteiger partial charge in [0.05, 0.1) is 10.2 Å². The first-order valence-electron chi connectivity index (χ1n) is 8.77. The standard InChI is InChI=1S/C18H21N3O3S/c22-16(21-9-3-5-14(21)17(23)24)12-7-10-20(11-8-12)18-19-13-4-1-2-6-15(13)25-18/h1-2,4,6,12,14H,3,5,7-11H2,(H,23,24). The van der Waals surface area contributed by atoms with Crippen LogP contribution in [0.15, 0.2) is 24.3 Å². The molecule has 0 radical (unpaired) electrons. The van der Waals surface area contributed by atoms with Crippen LogP contribution in [0.1, 0.15) is 25.7 Å². The van der Waals surface area contributed by atoms with E-state index in [9.17, 15) is 14.7 Å². The van der Waals surface area contributed by atoms with Crippen LogP contribution in [-0.4, -0.2) is 52.5 Å². The molecule has 132 valence electrons. The topological polar surface area (TPSA) is 73.7 Å². The zero-order valence-electron chi connectivity index (χ0n) is 13.9. The Kier molecular flexibility index (Phi) is 4.33. The molecule has 2 fully saturated rings. The monoisotopic (exact) mass is 359 g/mol. The van der Waals surface area contributed by atoms with Crippen LogP contribution in [0.5, 0.6) is 0 Å². The van der Waals surface area contributed by atoms with Crippen molar-refractivity contribution in [1.82, 2.24) is 9.88 Å². The van der Waals surface area contributed by atoms with E-state index in [4.69, 9.17) is 4.98 Å². The van der Waals surface area contributed by atoms with Crippen molar-refractivity contribution in [3.8, 4) is 0 Å². The zero-order valence-corrected chi connectivity index (χ0v) is 14.7. The number of thiazole rings is 1. The summed E-state index contributed by atoms with van der Waals surface area (Å²) in [5, 5.41) is 10.3. The molecular formula is C18H21N3O3S. The van der Waals surface area contributed by atoms with E-state index in [1.165, 1.54) is 4.70 Å². The number of carbonyl (C=O) groups excluding carboxylic acids is 1. The number of piperidine rings is 1. The summed E-state index contributed by atoms with van der Waals surface area (Å²) in [6.07, 6.45) is 2.88. The number of carbonyl (C=O) groups is 2. The maximum Gasteiger partial charge on any atom is 0.326 e. The van der Waals surface area contributed by atoms with Crippen molar-refractivity contribution in [3.63, 3.8) is 0 Å². The Morgan fingerprint density at radius 3 is 2.60 bits per heavy atom. The molecule has 25 heavy (non-hydrogen) atoms. The molecule has 1 unspecified atom stereocenters. The number of benzene rings is 1. The molecule has 1 aromatic heterocycles. The highest BCUT2D eigenvalue weighted by molar-refractivity contribution is 7.22. The van der Waals surface area contributed by atoms with Crippen molar-refractivity contribution in [2.45, 2.75) is 31.7 Å². The SMILES string of the molecule is O=C(O)C1CCCN1C(=O)C1CCN(c2nc3ccccc3s2)CC1. The van der Waals surface area contributed by atoms with Crippen LogP contribution in [0.4, 0.5) is 5.13 Å². The lowest BCUT2D eigenvalue weighted by molar-refractivity contribution is -0.150. The summed E-state index contributed by atoms with van der Waals surface area (Å²) >= 11 is 1.68. The number of anilines is 1. The number of para-hydroxylation sites is 1. The van der Waals surface area contributed by atoms with Gasteiger partial charge in [-0.15, -0.1) is 0 Å². The van der Waals surface area contributed by atoms with Gasteiger partial charge >= 0.3 is 5.97 Å². The molecule has 0 spiro atoms. The third kappa shape index (κ3) is 3.08. The predicted molar refractivity (Wildman–Crippen MR) is 96.9 cm³/mol. The van der Waals surface area contributed by atoms with Crippen molar-refractivity contribution >= 4 is 38.6 Å². The number of amides is 1. The van der Waals surface area contributed by atoms with Crippen LogP contribution in [0.2, 0.25) is 0 Å². The minimum Gasteiger partial charge on any atom is -0.480 e. The number of likely N-dealkylation sites (tertiary alicyclic amines) is 1. The molecule has 0 aliphatic carbocycles. The van der Waals surface area contributed by atoms with Crippen LogP contribution in [-0.2, 0) is 9.59 Å². The van der Waals surface area contributed by atoms with Crippen LogP contribution in [0.25, 0.3) is 10.2 Å². The van der Waals surface area contributed by atoms with Gasteiger partial charge in [-0.3, -0.25) is 4.79 Å². The minimum absolute atomic E-state index is 0.0221. The van der Waals surface area contributed by atoms with Gasteiger partial charge in [0.15, 0.2) is 5.13 Å². The van der Waals surface area contributed by atoms with Crippen molar-refractivity contribution < 1.29 is 14.7 Å². The second-order valence-electron chi connectivity index (χ2n) is 6.75. The second kappa shape index (κ2) is 6.63. The molecule has 1 aromatic carbocycles. The van der Waals surface area contributed by atoms with E-state index < -0.39 is 12.0 Å². The molecule has 2 aliphatic rings. The van der Waals surface area contributed by atoms with E-state index >= 15 is 0 Å². The molecule has 4 rings (SSSR count). The maximum atomic E-state index is 12.7. The van der Waals surface area contributed by atoms with E-state index in [1.807, 2.05) is 18.2 Å². The summed E-state index contributed by atoms with van der Waals surface area (Å²) in [5.74, 6) is -0.919. The molecular weight excluding hydrogens is 338 g/mol. The van der Waals surface area contributed by atoms with E-state index in [1.54, 1.807) is 16.2 Å². The van der Waals surface area contributed by atoms with Gasteiger partial charge in [-0.1, -0.05) is 23.5 Å². The first-order valence-corrected chi connectivity index (χ1v) is 9.59. The van der Waals surface area contributed by atoms with Crippen LogP contribution in [0.3, 0.4) is 0 Å².